The van der Waals surface area contributed by atoms with Gasteiger partial charge >= 0.3 is 12.5 Å². The Hall–Kier alpha value is -3.90. The van der Waals surface area contributed by atoms with Crippen LogP contribution in [0.25, 0.3) is 5.65 Å². The van der Waals surface area contributed by atoms with Crippen LogP contribution in [0.2, 0.25) is 0 Å². The van der Waals surface area contributed by atoms with Gasteiger partial charge < -0.3 is 10.6 Å². The van der Waals surface area contributed by atoms with E-state index in [0.717, 1.165) is 11.0 Å². The summed E-state index contributed by atoms with van der Waals surface area (Å²) in [4.78, 5) is 33.2. The number of carbonyl (C=O) groups is 2. The number of nitrogens with one attached hydrogen (secondary N) is 2. The molecule has 43 heavy (non-hydrogen) atoms. The number of alkyl halides is 8. The lowest BCUT2D eigenvalue weighted by molar-refractivity contribution is -0.325. The summed E-state index contributed by atoms with van der Waals surface area (Å²) >= 11 is 0. The molecular weight excluding hydrogens is 600 g/mol. The third-order valence-electron chi connectivity index (χ3n) is 6.75. The largest absolute Gasteiger partial charge is 0.522 e. The molecule has 4 rings (SSSR count). The zero-order valence-corrected chi connectivity index (χ0v) is 22.3. The first-order valence-electron chi connectivity index (χ1n) is 13.0. The van der Waals surface area contributed by atoms with Gasteiger partial charge in [-0.25, -0.2) is 27.9 Å². The van der Waals surface area contributed by atoms with E-state index in [0.29, 0.717) is 5.56 Å². The van der Waals surface area contributed by atoms with Gasteiger partial charge in [0.15, 0.2) is 5.65 Å². The van der Waals surface area contributed by atoms with E-state index in [9.17, 15) is 44.7 Å². The van der Waals surface area contributed by atoms with E-state index >= 15 is 0 Å². The van der Waals surface area contributed by atoms with Crippen LogP contribution in [0, 0.1) is 5.92 Å². The number of halogens is 8. The van der Waals surface area contributed by atoms with Crippen molar-refractivity contribution in [3.63, 3.8) is 0 Å². The molecule has 3 heterocycles. The van der Waals surface area contributed by atoms with E-state index in [4.69, 9.17) is 0 Å². The van der Waals surface area contributed by atoms with E-state index in [-0.39, 0.29) is 36.6 Å². The maximum Gasteiger partial charge on any atom is 0.522 e. The van der Waals surface area contributed by atoms with Gasteiger partial charge in [-0.2, -0.15) is 23.4 Å². The highest BCUT2D eigenvalue weighted by molar-refractivity contribution is 5.90. The molecule has 2 N–H and O–H groups in total. The van der Waals surface area contributed by atoms with Crippen LogP contribution < -0.4 is 10.6 Å². The fraction of sp³-hybridized carbons (Fsp3) is 0.583. The first-order chi connectivity index (χ1) is 20.1. The fourth-order valence-corrected chi connectivity index (χ4v) is 4.61. The molecule has 3 aromatic rings. The maximum atomic E-state index is 13.9. The zero-order valence-electron chi connectivity index (χ0n) is 22.3. The topological polar surface area (TPSA) is 128 Å². The number of hydrogen-bond donors (Lipinski definition) is 2. The van der Waals surface area contributed by atoms with Crippen LogP contribution >= 0.6 is 0 Å². The van der Waals surface area contributed by atoms with Gasteiger partial charge in [-0.3, -0.25) is 14.3 Å². The smallest absolute Gasteiger partial charge is 0.352 e. The van der Waals surface area contributed by atoms with Crippen molar-refractivity contribution in [2.45, 2.75) is 76.1 Å². The summed E-state index contributed by atoms with van der Waals surface area (Å²) in [6, 6.07) is 0.582. The zero-order chi connectivity index (χ0) is 31.4. The van der Waals surface area contributed by atoms with Crippen molar-refractivity contribution in [1.82, 2.24) is 40.0 Å². The molecule has 0 saturated heterocycles. The van der Waals surface area contributed by atoms with Gasteiger partial charge in [-0.15, -0.1) is 13.2 Å². The Kier molecular flexibility index (Phi) is 9.50. The summed E-state index contributed by atoms with van der Waals surface area (Å²) in [6.07, 6.45) is -8.39. The molecule has 236 valence electrons. The van der Waals surface area contributed by atoms with E-state index in [2.05, 4.69) is 35.5 Å². The molecule has 1 fully saturated rings. The minimum Gasteiger partial charge on any atom is -0.352 e. The number of rotatable bonds is 11. The van der Waals surface area contributed by atoms with Gasteiger partial charge in [-0.05, 0) is 30.4 Å². The molecule has 0 bridgehead atoms. The van der Waals surface area contributed by atoms with Crippen LogP contribution in [0.1, 0.15) is 66.4 Å². The first-order valence-corrected chi connectivity index (χ1v) is 13.0. The summed E-state index contributed by atoms with van der Waals surface area (Å²) < 4.78 is 108. The van der Waals surface area contributed by atoms with E-state index in [1.807, 2.05) is 0 Å². The lowest BCUT2D eigenvalue weighted by atomic mass is 9.81. The van der Waals surface area contributed by atoms with Gasteiger partial charge in [0.25, 0.3) is 5.91 Å². The second kappa shape index (κ2) is 12.8. The molecule has 1 atom stereocenters. The van der Waals surface area contributed by atoms with Gasteiger partial charge in [0.2, 0.25) is 17.7 Å². The van der Waals surface area contributed by atoms with E-state index < -0.39 is 81.1 Å². The predicted molar refractivity (Wildman–Crippen MR) is 129 cm³/mol. The van der Waals surface area contributed by atoms with Crippen molar-refractivity contribution in [2.75, 3.05) is 6.61 Å². The Morgan fingerprint density at radius 1 is 1.12 bits per heavy atom. The second-order valence-corrected chi connectivity index (χ2v) is 9.97. The average molecular weight is 627 g/mol. The number of amides is 2. The van der Waals surface area contributed by atoms with E-state index in [1.165, 1.54) is 23.0 Å². The number of fused-ring (bicyclic) bond motifs is 1. The normalized spacial score (nSPS) is 16.7. The van der Waals surface area contributed by atoms with Crippen LogP contribution in [-0.4, -0.2) is 66.2 Å². The Morgan fingerprint density at radius 2 is 1.84 bits per heavy atom. The molecule has 0 aliphatic heterocycles. The number of ether oxygens (including phenoxy) is 1. The van der Waals surface area contributed by atoms with Crippen molar-refractivity contribution in [2.24, 2.45) is 5.92 Å². The van der Waals surface area contributed by atoms with Crippen LogP contribution in [0.15, 0.2) is 24.8 Å². The molecule has 1 saturated carbocycles. The van der Waals surface area contributed by atoms with Gasteiger partial charge in [0.05, 0.1) is 43.7 Å². The summed E-state index contributed by atoms with van der Waals surface area (Å²) in [7, 11) is 0. The highest BCUT2D eigenvalue weighted by Crippen LogP contribution is 2.41. The van der Waals surface area contributed by atoms with Crippen molar-refractivity contribution in [3.05, 3.63) is 41.9 Å². The molecule has 1 aliphatic rings. The molecule has 0 aromatic carbocycles. The summed E-state index contributed by atoms with van der Waals surface area (Å²) in [5.41, 5.74) is 0.899. The molecule has 19 heteroatoms. The minimum absolute atomic E-state index is 0.0283. The minimum atomic E-state index is -4.88. The maximum absolute atomic E-state index is 13.9. The van der Waals surface area contributed by atoms with Crippen molar-refractivity contribution in [3.8, 4) is 0 Å². The Labute approximate surface area is 238 Å². The summed E-state index contributed by atoms with van der Waals surface area (Å²) in [5, 5.41) is 13.0. The first kappa shape index (κ1) is 32.0. The third-order valence-corrected chi connectivity index (χ3v) is 6.75. The SMILES string of the molecule is O=C(CCC(F)(F)F)NCc1cnn2cc([C@@H](NC(=O)c3ncnn3CCOC(F)(F)F)C3CCC(F)(F)CC3)nc2c1. The molecule has 0 spiro atoms. The summed E-state index contributed by atoms with van der Waals surface area (Å²) in [5.74, 6) is -5.34. The second-order valence-electron chi connectivity index (χ2n) is 9.97. The predicted octanol–water partition coefficient (Wildman–Crippen LogP) is 4.11. The van der Waals surface area contributed by atoms with Crippen molar-refractivity contribution >= 4 is 17.5 Å². The summed E-state index contributed by atoms with van der Waals surface area (Å²) in [6.45, 7) is -1.41. The Balaban J connectivity index is 1.51. The third kappa shape index (κ3) is 9.29. The fourth-order valence-electron chi connectivity index (χ4n) is 4.61. The standard InChI is InChI=1S/C24H26F8N8O3/c25-22(26)4-1-15(2-5-22)19(38-21(42)20-34-13-36-39(20)7-8-43-24(30,31)32)16-12-40-17(37-16)9-14(11-35-40)10-33-18(41)3-6-23(27,28)29/h9,11-13,15,19H,1-8,10H2,(H,33,41)(H,38,42)/t19-/m0/s1. The molecular formula is C24H26F8N8O3. The van der Waals surface area contributed by atoms with Gasteiger partial charge in [-0.1, -0.05) is 0 Å². The van der Waals surface area contributed by atoms with Crippen LogP contribution in [0.4, 0.5) is 35.1 Å². The monoisotopic (exact) mass is 626 g/mol. The number of nitrogens with zero attached hydrogens (tertiary/aromatic N) is 6. The van der Waals surface area contributed by atoms with Crippen LogP contribution in [0.3, 0.4) is 0 Å². The quantitative estimate of drug-likeness (QED) is 0.307. The molecule has 3 aromatic heterocycles. The Morgan fingerprint density at radius 3 is 2.51 bits per heavy atom. The molecule has 0 radical (unpaired) electrons. The van der Waals surface area contributed by atoms with E-state index in [1.54, 1.807) is 0 Å². The van der Waals surface area contributed by atoms with Crippen molar-refractivity contribution < 1.29 is 49.4 Å². The highest BCUT2D eigenvalue weighted by Gasteiger charge is 2.40. The number of imidazole rings is 1. The van der Waals surface area contributed by atoms with Crippen molar-refractivity contribution in [1.29, 1.82) is 0 Å². The number of hydrogen-bond acceptors (Lipinski definition) is 7. The molecule has 11 nitrogen and oxygen atoms in total. The Bertz CT molecular complexity index is 1410. The number of carbonyl (C=O) groups excluding carboxylic acids is 2. The molecule has 2 amide bonds. The van der Waals surface area contributed by atoms with Gasteiger partial charge in [0, 0.05) is 25.8 Å². The van der Waals surface area contributed by atoms with Gasteiger partial charge in [0.1, 0.15) is 6.33 Å². The molecule has 0 unspecified atom stereocenters. The van der Waals surface area contributed by atoms with Crippen LogP contribution in [-0.2, 0) is 22.6 Å². The van der Waals surface area contributed by atoms with Crippen LogP contribution in [0.5, 0.6) is 0 Å². The lowest BCUT2D eigenvalue weighted by Crippen LogP contribution is -2.38. The average Bonchev–Trinajstić information content (AvgIpc) is 3.55. The number of aromatic nitrogens is 6. The lowest BCUT2D eigenvalue weighted by Gasteiger charge is -2.33. The molecule has 1 aliphatic carbocycles. The highest BCUT2D eigenvalue weighted by atomic mass is 19.4.